The zero-order valence-electron chi connectivity index (χ0n) is 10.3. The highest BCUT2D eigenvalue weighted by atomic mass is 16.5. The van der Waals surface area contributed by atoms with Crippen molar-refractivity contribution in [1.82, 2.24) is 0 Å². The van der Waals surface area contributed by atoms with Crippen molar-refractivity contribution in [3.8, 4) is 0 Å². The largest absolute Gasteiger partial charge is 0.426 e. The Labute approximate surface area is 93.1 Å². The Kier molecular flexibility index (Phi) is 2.72. The fourth-order valence-corrected chi connectivity index (χ4v) is 2.31. The molecule has 2 rings (SSSR count). The molecule has 0 N–H and O–H groups in total. The Morgan fingerprint density at radius 2 is 2.00 bits per heavy atom. The van der Waals surface area contributed by atoms with Crippen LogP contribution < -0.4 is 0 Å². The zero-order chi connectivity index (χ0) is 11.1. The molecule has 2 aliphatic heterocycles. The molecule has 0 spiro atoms. The highest BCUT2D eigenvalue weighted by Crippen LogP contribution is 2.47. The van der Waals surface area contributed by atoms with E-state index in [1.165, 1.54) is 5.47 Å². The van der Waals surface area contributed by atoms with Crippen molar-refractivity contribution in [3.05, 3.63) is 11.5 Å². The Morgan fingerprint density at radius 3 is 2.47 bits per heavy atom. The van der Waals surface area contributed by atoms with Crippen molar-refractivity contribution >= 4 is 6.92 Å². The van der Waals surface area contributed by atoms with Crippen molar-refractivity contribution in [2.24, 2.45) is 5.41 Å². The maximum Gasteiger partial charge on any atom is 0.323 e. The Bertz CT molecular complexity index is 265. The maximum absolute atomic E-state index is 6.18. The van der Waals surface area contributed by atoms with Crippen LogP contribution in [0.4, 0.5) is 0 Å². The fraction of sp³-hybridized carbons (Fsp3) is 0.833. The molecule has 3 heteroatoms. The van der Waals surface area contributed by atoms with Gasteiger partial charge in [0.1, 0.15) is 0 Å². The second-order valence-corrected chi connectivity index (χ2v) is 5.81. The van der Waals surface area contributed by atoms with Gasteiger partial charge in [0.25, 0.3) is 0 Å². The molecular weight excluding hydrogens is 187 g/mol. The lowest BCUT2D eigenvalue weighted by atomic mass is 9.52. The smallest absolute Gasteiger partial charge is 0.323 e. The van der Waals surface area contributed by atoms with E-state index in [1.54, 1.807) is 0 Å². The summed E-state index contributed by atoms with van der Waals surface area (Å²) in [7, 11) is 0. The van der Waals surface area contributed by atoms with Crippen LogP contribution in [-0.4, -0.2) is 25.7 Å². The number of rotatable bonds is 1. The summed E-state index contributed by atoms with van der Waals surface area (Å²) >= 11 is 0. The molecule has 2 heterocycles. The average Bonchev–Trinajstić information content (AvgIpc) is 2.38. The van der Waals surface area contributed by atoms with Crippen molar-refractivity contribution in [2.75, 3.05) is 13.2 Å². The van der Waals surface area contributed by atoms with Gasteiger partial charge < -0.3 is 9.39 Å². The van der Waals surface area contributed by atoms with Gasteiger partial charge in [0, 0.05) is 0 Å². The number of hydrogen-bond acceptors (Lipinski definition) is 2. The molecular formula is C12H21BO2. The topological polar surface area (TPSA) is 18.5 Å². The van der Waals surface area contributed by atoms with Gasteiger partial charge in [-0.3, -0.25) is 0 Å². The molecule has 2 nitrogen and oxygen atoms in total. The summed E-state index contributed by atoms with van der Waals surface area (Å²) in [5.41, 5.74) is 1.69. The van der Waals surface area contributed by atoms with Crippen LogP contribution in [0.2, 0.25) is 6.32 Å². The van der Waals surface area contributed by atoms with E-state index in [-0.39, 0.29) is 11.0 Å². The first-order valence-electron chi connectivity index (χ1n) is 5.87. The first kappa shape index (κ1) is 11.2. The molecule has 0 aromatic carbocycles. The summed E-state index contributed by atoms with van der Waals surface area (Å²) in [5.74, 6) is 0. The Balaban J connectivity index is 2.12. The van der Waals surface area contributed by atoms with E-state index >= 15 is 0 Å². The van der Waals surface area contributed by atoms with Crippen LogP contribution in [0.15, 0.2) is 11.5 Å². The third-order valence-corrected chi connectivity index (χ3v) is 4.17. The molecule has 0 atom stereocenters. The van der Waals surface area contributed by atoms with Crippen LogP contribution in [0.5, 0.6) is 0 Å². The lowest BCUT2D eigenvalue weighted by Gasteiger charge is -2.34. The highest BCUT2D eigenvalue weighted by Gasteiger charge is 2.50. The van der Waals surface area contributed by atoms with E-state index < -0.39 is 0 Å². The molecule has 0 saturated carbocycles. The van der Waals surface area contributed by atoms with Gasteiger partial charge >= 0.3 is 6.92 Å². The molecule has 0 radical (unpaired) electrons. The Hall–Kier alpha value is -0.275. The highest BCUT2D eigenvalue weighted by molar-refractivity contribution is 6.61. The molecule has 0 amide bonds. The van der Waals surface area contributed by atoms with E-state index in [2.05, 4.69) is 33.8 Å². The zero-order valence-corrected chi connectivity index (χ0v) is 10.3. The van der Waals surface area contributed by atoms with Gasteiger partial charge in [-0.05, 0) is 32.0 Å². The molecule has 15 heavy (non-hydrogen) atoms. The van der Waals surface area contributed by atoms with Crippen molar-refractivity contribution in [3.63, 3.8) is 0 Å². The van der Waals surface area contributed by atoms with Crippen LogP contribution in [0.3, 0.4) is 0 Å². The first-order valence-corrected chi connectivity index (χ1v) is 5.87. The molecule has 0 aromatic heterocycles. The third-order valence-electron chi connectivity index (χ3n) is 4.17. The van der Waals surface area contributed by atoms with Crippen LogP contribution in [0, 0.1) is 5.41 Å². The maximum atomic E-state index is 6.18. The van der Waals surface area contributed by atoms with E-state index in [0.29, 0.717) is 6.92 Å². The van der Waals surface area contributed by atoms with E-state index in [1.807, 2.05) is 0 Å². The quantitative estimate of drug-likeness (QED) is 0.617. The van der Waals surface area contributed by atoms with Gasteiger partial charge in [-0.25, -0.2) is 0 Å². The first-order chi connectivity index (χ1) is 6.92. The summed E-state index contributed by atoms with van der Waals surface area (Å²) < 4.78 is 11.5. The second-order valence-electron chi connectivity index (χ2n) is 5.81. The Morgan fingerprint density at radius 1 is 1.27 bits per heavy atom. The SMILES string of the molecule is CC1(C)CB(C2=CCOCC2)OC1(C)C. The van der Waals surface area contributed by atoms with Crippen LogP contribution >= 0.6 is 0 Å². The summed E-state index contributed by atoms with van der Waals surface area (Å²) in [4.78, 5) is 0. The third kappa shape index (κ3) is 2.00. The molecule has 2 aliphatic rings. The monoisotopic (exact) mass is 208 g/mol. The van der Waals surface area contributed by atoms with E-state index in [4.69, 9.17) is 9.39 Å². The summed E-state index contributed by atoms with van der Waals surface area (Å²) in [6.07, 6.45) is 4.37. The van der Waals surface area contributed by atoms with Crippen molar-refractivity contribution < 1.29 is 9.39 Å². The molecule has 84 valence electrons. The van der Waals surface area contributed by atoms with Gasteiger partial charge in [-0.15, -0.1) is 0 Å². The van der Waals surface area contributed by atoms with E-state index in [0.717, 1.165) is 26.0 Å². The molecule has 0 bridgehead atoms. The molecule has 0 unspecified atom stereocenters. The van der Waals surface area contributed by atoms with Crippen molar-refractivity contribution in [2.45, 2.75) is 46.0 Å². The van der Waals surface area contributed by atoms with Gasteiger partial charge in [-0.2, -0.15) is 0 Å². The molecule has 0 aromatic rings. The van der Waals surface area contributed by atoms with E-state index in [9.17, 15) is 0 Å². The van der Waals surface area contributed by atoms with Crippen LogP contribution in [0.1, 0.15) is 34.1 Å². The summed E-state index contributed by atoms with van der Waals surface area (Å²) in [5, 5.41) is 0. The molecule has 0 aliphatic carbocycles. The summed E-state index contributed by atoms with van der Waals surface area (Å²) in [6, 6.07) is 0. The molecule has 1 saturated heterocycles. The van der Waals surface area contributed by atoms with Gasteiger partial charge in [-0.1, -0.05) is 25.4 Å². The number of hydrogen-bond donors (Lipinski definition) is 0. The summed E-state index contributed by atoms with van der Waals surface area (Å²) in [6.45, 7) is 10.9. The van der Waals surface area contributed by atoms with Gasteiger partial charge in [0.05, 0.1) is 18.8 Å². The van der Waals surface area contributed by atoms with Gasteiger partial charge in [0.2, 0.25) is 0 Å². The normalized spacial score (nSPS) is 29.1. The number of ether oxygens (including phenoxy) is 1. The minimum atomic E-state index is -0.0171. The molecule has 1 fully saturated rings. The second kappa shape index (κ2) is 3.64. The minimum Gasteiger partial charge on any atom is -0.426 e. The van der Waals surface area contributed by atoms with Crippen LogP contribution in [0.25, 0.3) is 0 Å². The minimum absolute atomic E-state index is 0.0171. The fourth-order valence-electron chi connectivity index (χ4n) is 2.31. The average molecular weight is 208 g/mol. The predicted octanol–water partition coefficient (Wildman–Crippen LogP) is 2.70. The predicted molar refractivity (Wildman–Crippen MR) is 63.0 cm³/mol. The van der Waals surface area contributed by atoms with Gasteiger partial charge in [0.15, 0.2) is 0 Å². The van der Waals surface area contributed by atoms with Crippen molar-refractivity contribution in [1.29, 1.82) is 0 Å². The standard InChI is InChI=1S/C12H21BO2/c1-11(2)9-13(15-12(11,3)4)10-5-7-14-8-6-10/h5H,6-9H2,1-4H3. The lowest BCUT2D eigenvalue weighted by Crippen LogP contribution is -2.34. The lowest BCUT2D eigenvalue weighted by molar-refractivity contribution is 0.0366. The van der Waals surface area contributed by atoms with Crippen LogP contribution in [-0.2, 0) is 9.39 Å².